The maximum atomic E-state index is 14.1. The SMILES string of the molecule is Cc1cc(C)c(S(=O)(=O)N2c3ccccc3NC(=O)C2CC(=O)N(C)C2CCCCC2)c(C)c1. The van der Waals surface area contributed by atoms with Gasteiger partial charge in [0.25, 0.3) is 10.0 Å². The molecular formula is C26H33N3O4S. The van der Waals surface area contributed by atoms with Crippen molar-refractivity contribution in [2.45, 2.75) is 76.3 Å². The predicted octanol–water partition coefficient (Wildman–Crippen LogP) is 4.31. The number of benzene rings is 2. The van der Waals surface area contributed by atoms with Crippen molar-refractivity contribution in [1.29, 1.82) is 0 Å². The summed E-state index contributed by atoms with van der Waals surface area (Å²) in [6.07, 6.45) is 4.98. The van der Waals surface area contributed by atoms with Crippen molar-refractivity contribution >= 4 is 33.2 Å². The van der Waals surface area contributed by atoms with Gasteiger partial charge in [0.1, 0.15) is 6.04 Å². The first-order chi connectivity index (χ1) is 16.1. The molecule has 182 valence electrons. The number of nitrogens with zero attached hydrogens (tertiary/aromatic N) is 2. The Kier molecular flexibility index (Phi) is 6.71. The summed E-state index contributed by atoms with van der Waals surface area (Å²) in [7, 11) is -2.37. The number of nitrogens with one attached hydrogen (secondary N) is 1. The molecule has 1 N–H and O–H groups in total. The zero-order valence-corrected chi connectivity index (χ0v) is 21.1. The highest BCUT2D eigenvalue weighted by molar-refractivity contribution is 7.93. The minimum Gasteiger partial charge on any atom is -0.343 e. The first-order valence-electron chi connectivity index (χ1n) is 11.9. The number of sulfonamides is 1. The molecule has 8 heteroatoms. The molecule has 0 spiro atoms. The number of anilines is 2. The third kappa shape index (κ3) is 4.43. The standard InChI is InChI=1S/C26H33N3O4S/c1-17-14-18(2)25(19(3)15-17)34(32,33)29-22-13-9-8-12-21(22)27-26(31)23(29)16-24(30)28(4)20-10-6-5-7-11-20/h8-9,12-15,20,23H,5-7,10-11,16H2,1-4H3,(H,27,31). The van der Waals surface area contributed by atoms with Gasteiger partial charge in [0.15, 0.2) is 0 Å². The second-order valence-electron chi connectivity index (χ2n) is 9.55. The van der Waals surface area contributed by atoms with Gasteiger partial charge < -0.3 is 10.2 Å². The lowest BCUT2D eigenvalue weighted by molar-refractivity contribution is -0.134. The van der Waals surface area contributed by atoms with Crippen molar-refractivity contribution in [2.24, 2.45) is 0 Å². The Hall–Kier alpha value is -2.87. The van der Waals surface area contributed by atoms with E-state index in [1.807, 2.05) is 19.1 Å². The molecule has 34 heavy (non-hydrogen) atoms. The Morgan fingerprint density at radius 3 is 2.32 bits per heavy atom. The van der Waals surface area contributed by atoms with Gasteiger partial charge in [0, 0.05) is 13.1 Å². The summed E-state index contributed by atoms with van der Waals surface area (Å²) in [5.74, 6) is -0.709. The van der Waals surface area contributed by atoms with Crippen LogP contribution in [-0.4, -0.2) is 44.3 Å². The first-order valence-corrected chi connectivity index (χ1v) is 13.3. The van der Waals surface area contributed by atoms with Crippen LogP contribution in [0.5, 0.6) is 0 Å². The molecule has 0 radical (unpaired) electrons. The summed E-state index contributed by atoms with van der Waals surface area (Å²) in [4.78, 5) is 28.4. The molecular weight excluding hydrogens is 450 g/mol. The van der Waals surface area contributed by atoms with E-state index in [1.54, 1.807) is 50.1 Å². The van der Waals surface area contributed by atoms with Gasteiger partial charge >= 0.3 is 0 Å². The van der Waals surface area contributed by atoms with Crippen LogP contribution in [0.2, 0.25) is 0 Å². The van der Waals surface area contributed by atoms with Crippen LogP contribution < -0.4 is 9.62 Å². The number of fused-ring (bicyclic) bond motifs is 1. The molecule has 2 aromatic rings. The molecule has 7 nitrogen and oxygen atoms in total. The van der Waals surface area contributed by atoms with Crippen molar-refractivity contribution in [2.75, 3.05) is 16.7 Å². The van der Waals surface area contributed by atoms with Crippen molar-refractivity contribution in [3.63, 3.8) is 0 Å². The third-order valence-corrected chi connectivity index (χ3v) is 9.12. The van der Waals surface area contributed by atoms with Crippen LogP contribution in [0.4, 0.5) is 11.4 Å². The van der Waals surface area contributed by atoms with E-state index < -0.39 is 22.0 Å². The molecule has 1 aliphatic heterocycles. The van der Waals surface area contributed by atoms with Crippen LogP contribution in [-0.2, 0) is 19.6 Å². The van der Waals surface area contributed by atoms with Crippen molar-refractivity contribution < 1.29 is 18.0 Å². The number of amides is 2. The second-order valence-corrected chi connectivity index (χ2v) is 11.3. The monoisotopic (exact) mass is 483 g/mol. The normalized spacial score (nSPS) is 18.9. The smallest absolute Gasteiger partial charge is 0.265 e. The van der Waals surface area contributed by atoms with E-state index in [4.69, 9.17) is 0 Å². The molecule has 1 fully saturated rings. The summed E-state index contributed by atoms with van der Waals surface area (Å²) in [6.45, 7) is 5.45. The summed E-state index contributed by atoms with van der Waals surface area (Å²) in [5.41, 5.74) is 2.99. The number of carbonyl (C=O) groups is 2. The van der Waals surface area contributed by atoms with Gasteiger partial charge in [-0.05, 0) is 56.9 Å². The molecule has 2 aliphatic rings. The van der Waals surface area contributed by atoms with Crippen molar-refractivity contribution in [3.8, 4) is 0 Å². The number of para-hydroxylation sites is 2. The minimum atomic E-state index is -4.13. The minimum absolute atomic E-state index is 0.131. The molecule has 0 bridgehead atoms. The Balaban J connectivity index is 1.76. The van der Waals surface area contributed by atoms with E-state index in [2.05, 4.69) is 5.32 Å². The molecule has 0 aromatic heterocycles. The van der Waals surface area contributed by atoms with Crippen molar-refractivity contribution in [1.82, 2.24) is 4.90 Å². The summed E-state index contributed by atoms with van der Waals surface area (Å²) in [6, 6.07) is 9.45. The topological polar surface area (TPSA) is 86.8 Å². The lowest BCUT2D eigenvalue weighted by atomic mass is 9.94. The highest BCUT2D eigenvalue weighted by Gasteiger charge is 2.43. The summed E-state index contributed by atoms with van der Waals surface area (Å²) in [5, 5.41) is 2.81. The lowest BCUT2D eigenvalue weighted by Gasteiger charge is -2.38. The molecule has 1 unspecified atom stereocenters. The van der Waals surface area contributed by atoms with Crippen LogP contribution in [0.15, 0.2) is 41.3 Å². The van der Waals surface area contributed by atoms with E-state index in [0.717, 1.165) is 31.2 Å². The molecule has 2 amide bonds. The van der Waals surface area contributed by atoms with E-state index in [1.165, 1.54) is 10.7 Å². The molecule has 1 saturated carbocycles. The summed E-state index contributed by atoms with van der Waals surface area (Å²) >= 11 is 0. The maximum Gasteiger partial charge on any atom is 0.265 e. The fraction of sp³-hybridized carbons (Fsp3) is 0.462. The van der Waals surface area contributed by atoms with E-state index in [0.29, 0.717) is 22.5 Å². The van der Waals surface area contributed by atoms with E-state index in [-0.39, 0.29) is 23.3 Å². The van der Waals surface area contributed by atoms with Crippen LogP contribution in [0, 0.1) is 20.8 Å². The van der Waals surface area contributed by atoms with Gasteiger partial charge in [-0.25, -0.2) is 8.42 Å². The average Bonchev–Trinajstić information content (AvgIpc) is 2.78. The van der Waals surface area contributed by atoms with Crippen molar-refractivity contribution in [3.05, 3.63) is 53.1 Å². The van der Waals surface area contributed by atoms with E-state index >= 15 is 0 Å². The second kappa shape index (κ2) is 9.41. The number of hydrogen-bond acceptors (Lipinski definition) is 4. The van der Waals surface area contributed by atoms with Gasteiger partial charge in [-0.1, -0.05) is 49.1 Å². The number of hydrogen-bond donors (Lipinski definition) is 1. The first kappa shape index (κ1) is 24.3. The predicted molar refractivity (Wildman–Crippen MR) is 133 cm³/mol. The molecule has 1 heterocycles. The number of rotatable bonds is 5. The Morgan fingerprint density at radius 2 is 1.68 bits per heavy atom. The molecule has 4 rings (SSSR count). The van der Waals surface area contributed by atoms with E-state index in [9.17, 15) is 18.0 Å². The third-order valence-electron chi connectivity index (χ3n) is 6.99. The zero-order chi connectivity index (χ0) is 24.6. The highest BCUT2D eigenvalue weighted by Crippen LogP contribution is 2.39. The van der Waals surface area contributed by atoms with Gasteiger partial charge in [0.2, 0.25) is 11.8 Å². The molecule has 2 aromatic carbocycles. The largest absolute Gasteiger partial charge is 0.343 e. The van der Waals surface area contributed by atoms with Crippen LogP contribution in [0.25, 0.3) is 0 Å². The fourth-order valence-corrected chi connectivity index (χ4v) is 7.44. The molecule has 1 aliphatic carbocycles. The Morgan fingerprint density at radius 1 is 1.06 bits per heavy atom. The lowest BCUT2D eigenvalue weighted by Crippen LogP contribution is -2.53. The van der Waals surface area contributed by atoms with Gasteiger partial charge in [-0.2, -0.15) is 0 Å². The van der Waals surface area contributed by atoms with Crippen LogP contribution in [0.1, 0.15) is 55.2 Å². The Labute approximate surface area is 202 Å². The van der Waals surface area contributed by atoms with Gasteiger partial charge in [-0.3, -0.25) is 13.9 Å². The molecule has 0 saturated heterocycles. The maximum absolute atomic E-state index is 14.1. The average molecular weight is 484 g/mol. The quantitative estimate of drug-likeness (QED) is 0.687. The van der Waals surface area contributed by atoms with Crippen LogP contribution >= 0.6 is 0 Å². The number of carbonyl (C=O) groups excluding carboxylic acids is 2. The molecule has 1 atom stereocenters. The van der Waals surface area contributed by atoms with Crippen LogP contribution in [0.3, 0.4) is 0 Å². The van der Waals surface area contributed by atoms with Gasteiger partial charge in [0.05, 0.1) is 22.7 Å². The highest BCUT2D eigenvalue weighted by atomic mass is 32.2. The fourth-order valence-electron chi connectivity index (χ4n) is 5.39. The number of aryl methyl sites for hydroxylation is 3. The van der Waals surface area contributed by atoms with Gasteiger partial charge in [-0.15, -0.1) is 0 Å². The zero-order valence-electron chi connectivity index (χ0n) is 20.3. The Bertz CT molecular complexity index is 1200. The summed E-state index contributed by atoms with van der Waals surface area (Å²) < 4.78 is 29.4.